The van der Waals surface area contributed by atoms with Crippen molar-refractivity contribution in [3.05, 3.63) is 39.9 Å². The summed E-state index contributed by atoms with van der Waals surface area (Å²) in [7, 11) is 0. The molecule has 0 N–H and O–H groups in total. The number of ether oxygens (including phenoxy) is 2. The minimum Gasteiger partial charge on any atom is -0.612 e. The maximum atomic E-state index is 13.3. The molecule has 1 aromatic heterocycles. The highest BCUT2D eigenvalue weighted by Gasteiger charge is 2.39. The molecule has 9 nitrogen and oxygen atoms in total. The molecule has 1 aliphatic carbocycles. The predicted octanol–water partition coefficient (Wildman–Crippen LogP) is 4.94. The van der Waals surface area contributed by atoms with Crippen LogP contribution in [-0.2, 0) is 26.8 Å². The molecule has 1 saturated carbocycles. The van der Waals surface area contributed by atoms with Gasteiger partial charge in [-0.1, -0.05) is 18.0 Å². The number of hydrogen-bond donors (Lipinski definition) is 0. The molecule has 1 aliphatic rings. The van der Waals surface area contributed by atoms with E-state index in [1.54, 1.807) is 0 Å². The quantitative estimate of drug-likeness (QED) is 0.391. The average molecular weight is 538 g/mol. The summed E-state index contributed by atoms with van der Waals surface area (Å²) in [6.45, 7) is 2.90. The molecule has 0 saturated heterocycles. The van der Waals surface area contributed by atoms with Crippen LogP contribution in [0.15, 0.2) is 26.4 Å². The number of rotatable bonds is 5. The van der Waals surface area contributed by atoms with Gasteiger partial charge in [-0.15, -0.1) is 5.10 Å². The lowest BCUT2D eigenvalue weighted by molar-refractivity contribution is -0.139. The van der Waals surface area contributed by atoms with Crippen molar-refractivity contribution in [2.45, 2.75) is 69.4 Å². The van der Waals surface area contributed by atoms with Crippen LogP contribution in [0.2, 0.25) is 5.02 Å². The number of nitrogens with zero attached hydrogens (tertiary/aromatic N) is 3. The third kappa shape index (κ3) is 6.58. The van der Waals surface area contributed by atoms with Crippen molar-refractivity contribution in [1.82, 2.24) is 9.78 Å². The van der Waals surface area contributed by atoms with E-state index < -0.39 is 56.7 Å². The zero-order chi connectivity index (χ0) is 25.9. The number of amides is 1. The molecule has 3 rings (SSSR count). The highest BCUT2D eigenvalue weighted by atomic mass is 35.5. The van der Waals surface area contributed by atoms with Gasteiger partial charge in [0, 0.05) is 6.92 Å². The smallest absolute Gasteiger partial charge is 0.510 e. The van der Waals surface area contributed by atoms with Crippen molar-refractivity contribution in [2.24, 2.45) is 4.99 Å². The Morgan fingerprint density at radius 3 is 2.57 bits per heavy atom. The van der Waals surface area contributed by atoms with Gasteiger partial charge >= 0.3 is 18.0 Å². The first-order chi connectivity index (χ1) is 16.4. The number of alkyl halides is 3. The number of carbonyl (C=O) groups excluding carboxylic acids is 2. The third-order valence-corrected chi connectivity index (χ3v) is 6.73. The van der Waals surface area contributed by atoms with Crippen molar-refractivity contribution < 1.29 is 41.2 Å². The number of benzene rings is 1. The summed E-state index contributed by atoms with van der Waals surface area (Å²) in [6.07, 6.45) is -1.58. The summed E-state index contributed by atoms with van der Waals surface area (Å²) in [5, 5.41) is 3.37. The number of aryl methyl sites for hydroxylation is 1. The van der Waals surface area contributed by atoms with Crippen LogP contribution >= 0.6 is 11.6 Å². The monoisotopic (exact) mass is 537 g/mol. The van der Waals surface area contributed by atoms with E-state index in [-0.39, 0.29) is 17.7 Å². The van der Waals surface area contributed by atoms with Crippen molar-refractivity contribution in [2.75, 3.05) is 6.26 Å². The molecular formula is C21H23ClF3N3O6S. The molecule has 2 aromatic rings. The largest absolute Gasteiger partial charge is 0.612 e. The second-order valence-electron chi connectivity index (χ2n) is 7.87. The summed E-state index contributed by atoms with van der Waals surface area (Å²) in [6, 6.07) is 1.44. The van der Waals surface area contributed by atoms with Crippen LogP contribution < -0.4 is 5.68 Å². The van der Waals surface area contributed by atoms with Crippen LogP contribution in [-0.4, -0.2) is 38.8 Å². The first kappa shape index (κ1) is 27.1. The van der Waals surface area contributed by atoms with Gasteiger partial charge in [0.2, 0.25) is 12.1 Å². The standard InChI is InChI=1S/C21H23ClF3N3O6S/c1-11-27-28(12(2)33-20(30)34-13-7-5-4-6-8-13)19(32-11)26-18(29)14-9-10-15(21(23,24)25)17(16(14)22)35(3)31/h9-10,12-13H,4-8H2,1-3H3/b26-19+. The Balaban J connectivity index is 1.87. The average Bonchev–Trinajstić information content (AvgIpc) is 3.13. The minimum absolute atomic E-state index is 0.0708. The number of aromatic nitrogens is 2. The van der Waals surface area contributed by atoms with Gasteiger partial charge < -0.3 is 18.4 Å². The van der Waals surface area contributed by atoms with E-state index in [9.17, 15) is 27.3 Å². The fourth-order valence-electron chi connectivity index (χ4n) is 3.61. The van der Waals surface area contributed by atoms with E-state index in [0.717, 1.165) is 49.1 Å². The molecule has 0 spiro atoms. The number of hydrogen-bond acceptors (Lipinski definition) is 7. The van der Waals surface area contributed by atoms with E-state index >= 15 is 0 Å². The Morgan fingerprint density at radius 1 is 1.31 bits per heavy atom. The van der Waals surface area contributed by atoms with Gasteiger partial charge in [-0.3, -0.25) is 4.79 Å². The lowest BCUT2D eigenvalue weighted by Crippen LogP contribution is -2.28. The van der Waals surface area contributed by atoms with Crippen LogP contribution in [0.3, 0.4) is 0 Å². The Bertz CT molecular complexity index is 1160. The van der Waals surface area contributed by atoms with Crippen molar-refractivity contribution in [1.29, 1.82) is 0 Å². The molecule has 0 radical (unpaired) electrons. The van der Waals surface area contributed by atoms with Crippen LogP contribution in [0.5, 0.6) is 0 Å². The predicted molar refractivity (Wildman–Crippen MR) is 117 cm³/mol. The molecule has 1 aromatic carbocycles. The normalized spacial score (nSPS) is 17.2. The van der Waals surface area contributed by atoms with E-state index in [2.05, 4.69) is 10.1 Å². The molecule has 14 heteroatoms. The van der Waals surface area contributed by atoms with Gasteiger partial charge in [0.25, 0.3) is 5.91 Å². The maximum absolute atomic E-state index is 13.3. The van der Waals surface area contributed by atoms with Gasteiger partial charge in [-0.05, 0) is 55.9 Å². The Hall–Kier alpha value is -2.51. The lowest BCUT2D eigenvalue weighted by atomic mass is 9.98. The molecule has 1 amide bonds. The topological polar surface area (TPSA) is 119 Å². The Morgan fingerprint density at radius 2 is 1.97 bits per heavy atom. The second-order valence-corrected chi connectivity index (χ2v) is 9.56. The van der Waals surface area contributed by atoms with Crippen LogP contribution in [0.25, 0.3) is 0 Å². The van der Waals surface area contributed by atoms with E-state index in [4.69, 9.17) is 25.5 Å². The van der Waals surface area contributed by atoms with Crippen LogP contribution in [0, 0.1) is 6.92 Å². The van der Waals surface area contributed by atoms with Gasteiger partial charge in [-0.2, -0.15) is 22.8 Å². The molecule has 35 heavy (non-hydrogen) atoms. The van der Waals surface area contributed by atoms with Gasteiger partial charge in [0.1, 0.15) is 22.9 Å². The zero-order valence-electron chi connectivity index (χ0n) is 19.1. The lowest BCUT2D eigenvalue weighted by Gasteiger charge is -2.22. The number of halogens is 4. The van der Waals surface area contributed by atoms with Gasteiger partial charge in [-0.25, -0.2) is 4.79 Å². The molecule has 192 valence electrons. The van der Waals surface area contributed by atoms with Gasteiger partial charge in [0.05, 0.1) is 5.56 Å². The first-order valence-electron chi connectivity index (χ1n) is 10.6. The summed E-state index contributed by atoms with van der Waals surface area (Å²) in [5.41, 5.74) is -2.03. The maximum Gasteiger partial charge on any atom is 0.510 e. The Labute approximate surface area is 206 Å². The van der Waals surface area contributed by atoms with Crippen molar-refractivity contribution in [3.63, 3.8) is 0 Å². The summed E-state index contributed by atoms with van der Waals surface area (Å²) in [4.78, 5) is 28.0. The first-order valence-corrected chi connectivity index (χ1v) is 12.6. The minimum atomic E-state index is -4.83. The number of carbonyl (C=O) groups is 2. The molecule has 2 unspecified atom stereocenters. The summed E-state index contributed by atoms with van der Waals surface area (Å²) >= 11 is 3.88. The highest BCUT2D eigenvalue weighted by molar-refractivity contribution is 7.90. The summed E-state index contributed by atoms with van der Waals surface area (Å²) in [5.74, 6) is -1.00. The molecule has 0 aliphatic heterocycles. The van der Waals surface area contributed by atoms with Crippen LogP contribution in [0.1, 0.15) is 67.1 Å². The van der Waals surface area contributed by atoms with Crippen molar-refractivity contribution >= 4 is 34.8 Å². The molecule has 1 heterocycles. The van der Waals surface area contributed by atoms with Gasteiger partial charge in [0.15, 0.2) is 4.90 Å². The van der Waals surface area contributed by atoms with E-state index in [0.29, 0.717) is 6.07 Å². The molecule has 0 bridgehead atoms. The van der Waals surface area contributed by atoms with Crippen molar-refractivity contribution in [3.8, 4) is 0 Å². The molecule has 2 atom stereocenters. The second kappa shape index (κ2) is 11.0. The highest BCUT2D eigenvalue weighted by Crippen LogP contribution is 2.39. The summed E-state index contributed by atoms with van der Waals surface area (Å²) < 4.78 is 68.6. The van der Waals surface area contributed by atoms with E-state index in [1.807, 2.05) is 0 Å². The van der Waals surface area contributed by atoms with E-state index in [1.165, 1.54) is 13.8 Å². The van der Waals surface area contributed by atoms with Crippen LogP contribution in [0.4, 0.5) is 18.0 Å². The zero-order valence-corrected chi connectivity index (χ0v) is 20.6. The third-order valence-electron chi connectivity index (χ3n) is 5.23. The molecule has 1 fully saturated rings. The fourth-order valence-corrected chi connectivity index (χ4v) is 5.04. The SMILES string of the molecule is Cc1nn(C(C)OC(=O)OC2CCCCC2)/c(=N\C(=O)c2ccc(C(F)(F)F)c([S+](C)[O-])c2Cl)o1. The Kier molecular flexibility index (Phi) is 8.54. The fraction of sp³-hybridized carbons (Fsp3) is 0.524. The molecular weight excluding hydrogens is 515 g/mol.